The first-order valence-corrected chi connectivity index (χ1v) is 3.25. The lowest BCUT2D eigenvalue weighted by molar-refractivity contribution is -0.389. The van der Waals surface area contributed by atoms with E-state index in [2.05, 4.69) is 5.10 Å². The number of halogens is 2. The molecule has 72 valence electrons. The molecule has 0 aliphatic heterocycles. The SMILES string of the molecule is NCC(F)(F)c1cc([N+](=O)[O-])[nH]n1. The summed E-state index contributed by atoms with van der Waals surface area (Å²) in [4.78, 5) is 9.24. The number of nitro groups is 1. The largest absolute Gasteiger partial charge is 0.358 e. The molecule has 0 saturated heterocycles. The fourth-order valence-electron chi connectivity index (χ4n) is 0.697. The molecule has 0 amide bonds. The Balaban J connectivity index is 2.98. The predicted molar refractivity (Wildman–Crippen MR) is 38.2 cm³/mol. The van der Waals surface area contributed by atoms with Gasteiger partial charge in [0.05, 0.1) is 12.6 Å². The van der Waals surface area contributed by atoms with Gasteiger partial charge in [0, 0.05) is 0 Å². The molecule has 8 heteroatoms. The van der Waals surface area contributed by atoms with Crippen molar-refractivity contribution in [1.29, 1.82) is 0 Å². The molecular formula is C5H6F2N4O2. The summed E-state index contributed by atoms with van der Waals surface area (Å²) in [7, 11) is 0. The van der Waals surface area contributed by atoms with Crippen LogP contribution in [0, 0.1) is 10.1 Å². The highest BCUT2D eigenvalue weighted by atomic mass is 19.3. The number of nitrogens with zero attached hydrogens (tertiary/aromatic N) is 2. The van der Waals surface area contributed by atoms with Crippen LogP contribution in [0.4, 0.5) is 14.6 Å². The standard InChI is InChI=1S/C5H6F2N4O2/c6-5(7,2-8)3-1-4(10-9-3)11(12)13/h1H,2,8H2,(H,9,10). The Morgan fingerprint density at radius 1 is 1.77 bits per heavy atom. The van der Waals surface area contributed by atoms with Crippen molar-refractivity contribution in [2.75, 3.05) is 6.54 Å². The van der Waals surface area contributed by atoms with Gasteiger partial charge in [-0.25, -0.2) is 0 Å². The zero-order valence-electron chi connectivity index (χ0n) is 6.33. The van der Waals surface area contributed by atoms with E-state index < -0.39 is 28.9 Å². The topological polar surface area (TPSA) is 97.8 Å². The Morgan fingerprint density at radius 3 is 2.77 bits per heavy atom. The molecule has 1 rings (SSSR count). The number of nitrogens with one attached hydrogen (secondary N) is 1. The van der Waals surface area contributed by atoms with Crippen molar-refractivity contribution in [1.82, 2.24) is 10.2 Å². The molecule has 0 atom stereocenters. The second-order valence-electron chi connectivity index (χ2n) is 2.30. The van der Waals surface area contributed by atoms with E-state index in [0.29, 0.717) is 6.07 Å². The van der Waals surface area contributed by atoms with E-state index in [1.54, 1.807) is 0 Å². The zero-order valence-corrected chi connectivity index (χ0v) is 6.33. The minimum Gasteiger partial charge on any atom is -0.358 e. The van der Waals surface area contributed by atoms with Gasteiger partial charge in [0.15, 0.2) is 5.69 Å². The smallest absolute Gasteiger partial charge is 0.343 e. The van der Waals surface area contributed by atoms with Crippen LogP contribution in [-0.2, 0) is 5.92 Å². The number of hydrogen-bond acceptors (Lipinski definition) is 4. The highest BCUT2D eigenvalue weighted by Crippen LogP contribution is 2.26. The lowest BCUT2D eigenvalue weighted by Gasteiger charge is -2.07. The second-order valence-corrected chi connectivity index (χ2v) is 2.30. The van der Waals surface area contributed by atoms with Crippen molar-refractivity contribution in [2.45, 2.75) is 5.92 Å². The number of H-pyrrole nitrogens is 1. The maximum absolute atomic E-state index is 12.7. The third kappa shape index (κ3) is 1.78. The molecule has 0 spiro atoms. The third-order valence-electron chi connectivity index (χ3n) is 1.39. The van der Waals surface area contributed by atoms with Crippen molar-refractivity contribution in [3.05, 3.63) is 21.9 Å². The van der Waals surface area contributed by atoms with Crippen molar-refractivity contribution < 1.29 is 13.7 Å². The third-order valence-corrected chi connectivity index (χ3v) is 1.39. The number of nitrogens with two attached hydrogens (primary N) is 1. The summed E-state index contributed by atoms with van der Waals surface area (Å²) in [5.74, 6) is -3.91. The van der Waals surface area contributed by atoms with Gasteiger partial charge in [0.2, 0.25) is 0 Å². The van der Waals surface area contributed by atoms with E-state index >= 15 is 0 Å². The van der Waals surface area contributed by atoms with Gasteiger partial charge in [-0.15, -0.1) is 5.10 Å². The minimum atomic E-state index is -3.33. The summed E-state index contributed by atoms with van der Waals surface area (Å²) in [6.07, 6.45) is 0. The van der Waals surface area contributed by atoms with Crippen LogP contribution in [0.15, 0.2) is 6.07 Å². The number of hydrogen-bond donors (Lipinski definition) is 2. The summed E-state index contributed by atoms with van der Waals surface area (Å²) in [5, 5.41) is 15.0. The molecule has 13 heavy (non-hydrogen) atoms. The van der Waals surface area contributed by atoms with Crippen LogP contribution in [0.25, 0.3) is 0 Å². The van der Waals surface area contributed by atoms with E-state index in [-0.39, 0.29) is 0 Å². The Morgan fingerprint density at radius 2 is 2.38 bits per heavy atom. The lowest BCUT2D eigenvalue weighted by atomic mass is 10.2. The van der Waals surface area contributed by atoms with Crippen LogP contribution < -0.4 is 5.73 Å². The number of aromatic amines is 1. The summed E-state index contributed by atoms with van der Waals surface area (Å²) >= 11 is 0. The van der Waals surface area contributed by atoms with Crippen LogP contribution in [-0.4, -0.2) is 21.7 Å². The van der Waals surface area contributed by atoms with Gasteiger partial charge in [-0.2, -0.15) is 8.78 Å². The molecule has 6 nitrogen and oxygen atoms in total. The lowest BCUT2D eigenvalue weighted by Crippen LogP contribution is -2.25. The quantitative estimate of drug-likeness (QED) is 0.533. The van der Waals surface area contributed by atoms with Gasteiger partial charge in [-0.3, -0.25) is 0 Å². The Hall–Kier alpha value is -1.57. The molecule has 0 radical (unpaired) electrons. The fourth-order valence-corrected chi connectivity index (χ4v) is 0.697. The van der Waals surface area contributed by atoms with Crippen LogP contribution in [0.1, 0.15) is 5.69 Å². The molecule has 3 N–H and O–H groups in total. The van der Waals surface area contributed by atoms with Crippen LogP contribution in [0.5, 0.6) is 0 Å². The molecule has 0 aromatic carbocycles. The van der Waals surface area contributed by atoms with E-state index in [4.69, 9.17) is 5.73 Å². The van der Waals surface area contributed by atoms with E-state index in [1.165, 1.54) is 0 Å². The molecule has 1 heterocycles. The monoisotopic (exact) mass is 192 g/mol. The highest BCUT2D eigenvalue weighted by Gasteiger charge is 2.34. The van der Waals surface area contributed by atoms with Gasteiger partial charge in [-0.1, -0.05) is 5.10 Å². The average Bonchev–Trinajstić information content (AvgIpc) is 2.52. The van der Waals surface area contributed by atoms with Crippen LogP contribution in [0.3, 0.4) is 0 Å². The fraction of sp³-hybridized carbons (Fsp3) is 0.400. The van der Waals surface area contributed by atoms with Gasteiger partial charge in [0.25, 0.3) is 0 Å². The Kier molecular flexibility index (Phi) is 2.24. The normalized spacial score (nSPS) is 11.6. The number of alkyl halides is 2. The summed E-state index contributed by atoms with van der Waals surface area (Å²) in [6.45, 7) is -0.936. The Bertz CT molecular complexity index is 324. The van der Waals surface area contributed by atoms with Crippen molar-refractivity contribution >= 4 is 5.82 Å². The summed E-state index contributed by atoms with van der Waals surface area (Å²) in [6, 6.07) is 0.660. The molecule has 1 aromatic heterocycles. The van der Waals surface area contributed by atoms with Crippen molar-refractivity contribution in [3.8, 4) is 0 Å². The summed E-state index contributed by atoms with van der Waals surface area (Å²) in [5.41, 5.74) is 4.03. The maximum Gasteiger partial charge on any atom is 0.343 e. The van der Waals surface area contributed by atoms with Gasteiger partial charge < -0.3 is 15.8 Å². The van der Waals surface area contributed by atoms with Gasteiger partial charge in [0.1, 0.15) is 0 Å². The van der Waals surface area contributed by atoms with E-state index in [1.807, 2.05) is 5.10 Å². The molecule has 0 unspecified atom stereocenters. The van der Waals surface area contributed by atoms with E-state index in [9.17, 15) is 18.9 Å². The molecule has 0 aliphatic rings. The Labute approximate surface area is 70.9 Å². The average molecular weight is 192 g/mol. The second kappa shape index (κ2) is 3.05. The van der Waals surface area contributed by atoms with E-state index in [0.717, 1.165) is 0 Å². The molecule has 1 aromatic rings. The summed E-state index contributed by atoms with van der Waals surface area (Å²) < 4.78 is 25.5. The molecular weight excluding hydrogens is 186 g/mol. The highest BCUT2D eigenvalue weighted by molar-refractivity contribution is 5.23. The van der Waals surface area contributed by atoms with Gasteiger partial charge >= 0.3 is 11.7 Å². The first-order chi connectivity index (χ1) is 5.97. The van der Waals surface area contributed by atoms with Gasteiger partial charge in [-0.05, 0) is 4.92 Å². The molecule has 0 aliphatic carbocycles. The van der Waals surface area contributed by atoms with Crippen molar-refractivity contribution in [3.63, 3.8) is 0 Å². The predicted octanol–water partition coefficient (Wildman–Crippen LogP) is 0.368. The number of rotatable bonds is 3. The molecule has 0 saturated carbocycles. The first-order valence-electron chi connectivity index (χ1n) is 3.25. The molecule has 0 bridgehead atoms. The molecule has 0 fully saturated rings. The van der Waals surface area contributed by atoms with Crippen LogP contribution >= 0.6 is 0 Å². The van der Waals surface area contributed by atoms with Crippen molar-refractivity contribution in [2.24, 2.45) is 5.73 Å². The van der Waals surface area contributed by atoms with Crippen LogP contribution in [0.2, 0.25) is 0 Å². The minimum absolute atomic E-state index is 0.580. The maximum atomic E-state index is 12.7. The number of aromatic nitrogens is 2. The first kappa shape index (κ1) is 9.52. The zero-order chi connectivity index (χ0) is 10.1.